The van der Waals surface area contributed by atoms with Crippen molar-refractivity contribution in [3.8, 4) is 0 Å². The Morgan fingerprint density at radius 1 is 0.453 bits per heavy atom. The van der Waals surface area contributed by atoms with Crippen LogP contribution in [0.5, 0.6) is 0 Å². The van der Waals surface area contributed by atoms with Gasteiger partial charge in [-0.05, 0) is 0 Å². The first-order chi connectivity index (χ1) is 40.6. The molecule has 4 bridgehead atoms. The zero-order chi connectivity index (χ0) is 62.9. The number of benzene rings is 2. The molecule has 6 heterocycles. The molecule has 12 heteroatoms. The van der Waals surface area contributed by atoms with Crippen LogP contribution in [0.3, 0.4) is 0 Å². The molecule has 3 atom stereocenters. The molecule has 1 spiro atoms. The van der Waals surface area contributed by atoms with Gasteiger partial charge in [0.15, 0.2) is 0 Å². The van der Waals surface area contributed by atoms with E-state index in [-0.39, 0.29) is 53.3 Å². The fourth-order valence-electron chi connectivity index (χ4n) is 14.3. The summed E-state index contributed by atoms with van der Waals surface area (Å²) in [4.78, 5) is 0. The summed E-state index contributed by atoms with van der Waals surface area (Å²) in [6, 6.07) is 9.93. The number of aryl methyl sites for hydroxylation is 2. The summed E-state index contributed by atoms with van der Waals surface area (Å²) >= 11 is 0. The molecule has 3 unspecified atom stereocenters. The molecule has 0 amide bonds. The van der Waals surface area contributed by atoms with Crippen LogP contribution >= 0.6 is 15.9 Å². The van der Waals surface area contributed by atoms with Gasteiger partial charge >= 0.3 is 453 Å². The second kappa shape index (κ2) is 32.6. The number of rotatable bonds is 42. The first kappa shape index (κ1) is 73.9. The molecule has 6 fully saturated rings. The average Bonchev–Trinajstić information content (AvgIpc) is 1.46. The second-order valence-corrected chi connectivity index (χ2v) is 35.9. The van der Waals surface area contributed by atoms with Gasteiger partial charge < -0.3 is 0 Å². The van der Waals surface area contributed by atoms with Crippen LogP contribution in [0.1, 0.15) is 360 Å². The maximum atomic E-state index is 13.1. The topological polar surface area (TPSA) is 114 Å². The molecule has 2 aromatic rings. The summed E-state index contributed by atoms with van der Waals surface area (Å²) < 4.78 is 54.1. The molecule has 6 aliphatic rings. The Labute approximate surface area is 528 Å². The molecule has 0 radical (unpaired) electrons. The number of hydrogen-bond acceptors (Lipinski definition) is 10. The van der Waals surface area contributed by atoms with Crippen molar-refractivity contribution in [1.82, 2.24) is 0 Å². The van der Waals surface area contributed by atoms with Gasteiger partial charge in [0.05, 0.1) is 0 Å². The van der Waals surface area contributed by atoms with Gasteiger partial charge in [-0.1, -0.05) is 78.1 Å². The Hall–Kier alpha value is -1.10. The number of hydrogen-bond donors (Lipinski definition) is 2. The third-order valence-corrected chi connectivity index (χ3v) is 24.6. The van der Waals surface area contributed by atoms with E-state index < -0.39 is 33.8 Å². The molecule has 2 N–H and O–H groups in total. The molecule has 10 nitrogen and oxygen atoms in total. The van der Waals surface area contributed by atoms with Crippen molar-refractivity contribution in [1.29, 1.82) is 0 Å². The Morgan fingerprint density at radius 3 is 1.06 bits per heavy atom. The molecule has 8 rings (SSSR count). The Morgan fingerprint density at radius 2 is 0.767 bits per heavy atom. The van der Waals surface area contributed by atoms with E-state index in [0.29, 0.717) is 12.3 Å². The first-order valence-electron chi connectivity index (χ1n) is 35.6. The average molecular weight is 1240 g/mol. The van der Waals surface area contributed by atoms with Crippen LogP contribution in [0.15, 0.2) is 24.3 Å². The SMILES string of the molecule is CCCCCCCCCCCCCCCCC(CP12(CC(CCCCCCCCCCCCCCCC)c3c(C(C)(C)C)cc(CC)cc3C(C)(C)C)OC(O)(O1)C1(OP3OC(COCCO)(O3)O1)O2)c1c(C(C)(C)C)cc(CC)cc1C(C)(C)C. The van der Waals surface area contributed by atoms with Crippen LogP contribution in [-0.2, 0) is 71.1 Å². The van der Waals surface area contributed by atoms with Gasteiger partial charge in [0, 0.05) is 0 Å². The summed E-state index contributed by atoms with van der Waals surface area (Å²) in [6.07, 6.45) is 40.9. The molecule has 0 saturated carbocycles. The van der Waals surface area contributed by atoms with E-state index in [1.165, 1.54) is 199 Å². The molecule has 2 aromatic carbocycles. The van der Waals surface area contributed by atoms with E-state index in [1.54, 1.807) is 0 Å². The predicted molar refractivity (Wildman–Crippen MR) is 361 cm³/mol. The fourth-order valence-corrected chi connectivity index (χ4v) is 20.7. The van der Waals surface area contributed by atoms with Crippen LogP contribution in [0, 0.1) is 0 Å². The summed E-state index contributed by atoms with van der Waals surface area (Å²) in [5.74, 6) is -6.47. The van der Waals surface area contributed by atoms with Gasteiger partial charge in [0.1, 0.15) is 0 Å². The normalized spacial score (nSPS) is 23.7. The van der Waals surface area contributed by atoms with E-state index in [9.17, 15) is 10.2 Å². The molecule has 0 aliphatic carbocycles. The molecule has 0 aromatic heterocycles. The molecule has 6 saturated heterocycles. The first-order valence-corrected chi connectivity index (χ1v) is 39.1. The van der Waals surface area contributed by atoms with Crippen molar-refractivity contribution in [2.45, 2.75) is 368 Å². The monoisotopic (exact) mass is 1240 g/mol. The Bertz CT molecular complexity index is 2130. The maximum absolute atomic E-state index is 13.1. The van der Waals surface area contributed by atoms with Crippen LogP contribution in [0.25, 0.3) is 0 Å². The number of aliphatic hydroxyl groups excluding tert-OH is 1. The van der Waals surface area contributed by atoms with E-state index >= 15 is 0 Å². The minimum atomic E-state index is -4.61. The minimum absolute atomic E-state index is 0.0508. The standard InChI is InChI=1S/C74H130O10P2/c1-17-21-23-25-27-29-31-33-35-37-39-41-43-45-47-60(66-62(68(5,6)7)51-58(19-3)52-63(66)69(8,9)10)55-86(82-73(76,83-86)74(84-86)78-72(57-77-50-49-75)79-85(80-72)81-74)56-61(48-46-44-42-40-38-36-34-32-30-28-26-24-22-18-2)67-64(70(11,12)13)53-59(20-4)54-65(67)71(14,15)16/h51-54,60-61,75-76H,17-50,55-57H2,1-16H3. The van der Waals surface area contributed by atoms with Gasteiger partial charge in [-0.15, -0.1) is 0 Å². The predicted octanol–water partition coefficient (Wildman–Crippen LogP) is 22.3. The number of ether oxygens (including phenoxy) is 2. The van der Waals surface area contributed by atoms with Gasteiger partial charge in [-0.2, -0.15) is 0 Å². The van der Waals surface area contributed by atoms with Crippen molar-refractivity contribution in [3.63, 3.8) is 0 Å². The molecular formula is C74H130O10P2. The summed E-state index contributed by atoms with van der Waals surface area (Å²) in [5, 5.41) is 22.8. The van der Waals surface area contributed by atoms with Crippen LogP contribution < -0.4 is 0 Å². The Balaban J connectivity index is 1.42. The quantitative estimate of drug-likeness (QED) is 0.0492. The summed E-state index contributed by atoms with van der Waals surface area (Å²) in [5.41, 5.74) is 10.1. The van der Waals surface area contributed by atoms with Gasteiger partial charge in [0.25, 0.3) is 0 Å². The molecular weight excluding hydrogens is 1110 g/mol. The van der Waals surface area contributed by atoms with Crippen molar-refractivity contribution in [2.24, 2.45) is 0 Å². The third-order valence-electron chi connectivity index (χ3n) is 19.1. The number of aliphatic hydroxyl groups is 2. The third kappa shape index (κ3) is 19.7. The molecule has 496 valence electrons. The second-order valence-electron chi connectivity index (χ2n) is 31.1. The van der Waals surface area contributed by atoms with Crippen LogP contribution in [-0.4, -0.2) is 60.3 Å². The van der Waals surface area contributed by atoms with E-state index in [1.807, 2.05) is 0 Å². The summed E-state index contributed by atoms with van der Waals surface area (Å²) in [7, 11) is -6.63. The molecule has 86 heavy (non-hydrogen) atoms. The fraction of sp³-hybridized carbons (Fsp3) is 0.838. The van der Waals surface area contributed by atoms with Gasteiger partial charge in [-0.3, -0.25) is 0 Å². The Kier molecular flexibility index (Phi) is 28.1. The van der Waals surface area contributed by atoms with Crippen molar-refractivity contribution in [2.75, 3.05) is 32.1 Å². The number of unbranched alkanes of at least 4 members (excludes halogenated alkanes) is 26. The van der Waals surface area contributed by atoms with E-state index in [4.69, 9.17) is 36.6 Å². The van der Waals surface area contributed by atoms with Crippen molar-refractivity contribution < 1.29 is 46.8 Å². The van der Waals surface area contributed by atoms with Crippen molar-refractivity contribution >= 4 is 15.9 Å². The zero-order valence-electron chi connectivity index (χ0n) is 58.2. The van der Waals surface area contributed by atoms with Crippen molar-refractivity contribution in [3.05, 3.63) is 68.8 Å². The zero-order valence-corrected chi connectivity index (χ0v) is 60.0. The van der Waals surface area contributed by atoms with E-state index in [0.717, 1.165) is 51.4 Å². The summed E-state index contributed by atoms with van der Waals surface area (Å²) in [6.45, 7) is 37.3. The van der Waals surface area contributed by atoms with Crippen LogP contribution in [0.4, 0.5) is 0 Å². The van der Waals surface area contributed by atoms with E-state index in [2.05, 4.69) is 135 Å². The molecule has 6 aliphatic heterocycles. The van der Waals surface area contributed by atoms with Gasteiger partial charge in [-0.25, -0.2) is 0 Å². The van der Waals surface area contributed by atoms with Gasteiger partial charge in [0.2, 0.25) is 0 Å². The van der Waals surface area contributed by atoms with Crippen LogP contribution in [0.2, 0.25) is 0 Å².